The Hall–Kier alpha value is -0.650. The number of carbonyl (C=O) groups is 1. The summed E-state index contributed by atoms with van der Waals surface area (Å²) in [6.45, 7) is 5.23. The third-order valence-electron chi connectivity index (χ3n) is 3.32. The van der Waals surface area contributed by atoms with Crippen LogP contribution in [0.5, 0.6) is 0 Å². The van der Waals surface area contributed by atoms with Crippen molar-refractivity contribution in [3.8, 4) is 0 Å². The van der Waals surface area contributed by atoms with E-state index < -0.39 is 6.04 Å². The number of nitrogens with one attached hydrogen (secondary N) is 1. The van der Waals surface area contributed by atoms with E-state index in [1.165, 1.54) is 19.3 Å². The molecule has 1 rings (SSSR count). The SMILES string of the molecule is COCC(N)C(=O)NCCN1CCCCC1C. The number of carbonyl (C=O) groups excluding carboxylic acids is 1. The number of ether oxygens (including phenoxy) is 1. The zero-order valence-corrected chi connectivity index (χ0v) is 10.9. The Labute approximate surface area is 104 Å². The van der Waals surface area contributed by atoms with Gasteiger partial charge in [0.15, 0.2) is 0 Å². The number of rotatable bonds is 6. The predicted octanol–water partition coefficient (Wildman–Crippen LogP) is -0.0493. The van der Waals surface area contributed by atoms with Gasteiger partial charge in [0, 0.05) is 26.2 Å². The summed E-state index contributed by atoms with van der Waals surface area (Å²) in [5.41, 5.74) is 5.62. The van der Waals surface area contributed by atoms with Crippen LogP contribution >= 0.6 is 0 Å². The van der Waals surface area contributed by atoms with Gasteiger partial charge in [-0.2, -0.15) is 0 Å². The van der Waals surface area contributed by atoms with Gasteiger partial charge in [-0.15, -0.1) is 0 Å². The highest BCUT2D eigenvalue weighted by molar-refractivity contribution is 5.81. The molecular formula is C12H25N3O2. The summed E-state index contributed by atoms with van der Waals surface area (Å²) in [7, 11) is 1.54. The largest absolute Gasteiger partial charge is 0.383 e. The number of piperidine rings is 1. The van der Waals surface area contributed by atoms with Crippen molar-refractivity contribution in [2.24, 2.45) is 5.73 Å². The maximum Gasteiger partial charge on any atom is 0.239 e. The van der Waals surface area contributed by atoms with Gasteiger partial charge >= 0.3 is 0 Å². The van der Waals surface area contributed by atoms with Gasteiger partial charge in [-0.3, -0.25) is 9.69 Å². The van der Waals surface area contributed by atoms with Crippen molar-refractivity contribution in [2.75, 3.05) is 33.4 Å². The third-order valence-corrected chi connectivity index (χ3v) is 3.32. The van der Waals surface area contributed by atoms with Crippen LogP contribution < -0.4 is 11.1 Å². The molecule has 1 aliphatic rings. The van der Waals surface area contributed by atoms with E-state index in [0.717, 1.165) is 13.1 Å². The monoisotopic (exact) mass is 243 g/mol. The first kappa shape index (κ1) is 14.4. The van der Waals surface area contributed by atoms with E-state index >= 15 is 0 Å². The zero-order valence-electron chi connectivity index (χ0n) is 10.9. The maximum atomic E-state index is 11.5. The summed E-state index contributed by atoms with van der Waals surface area (Å²) in [4.78, 5) is 13.9. The number of methoxy groups -OCH3 is 1. The molecule has 1 heterocycles. The molecule has 2 unspecified atom stereocenters. The molecule has 0 aromatic carbocycles. The second-order valence-corrected chi connectivity index (χ2v) is 4.73. The van der Waals surface area contributed by atoms with Crippen LogP contribution in [0.2, 0.25) is 0 Å². The minimum absolute atomic E-state index is 0.128. The van der Waals surface area contributed by atoms with Crippen molar-refractivity contribution in [3.05, 3.63) is 0 Å². The zero-order chi connectivity index (χ0) is 12.7. The molecule has 0 aliphatic carbocycles. The molecule has 3 N–H and O–H groups in total. The van der Waals surface area contributed by atoms with Crippen molar-refractivity contribution in [1.82, 2.24) is 10.2 Å². The van der Waals surface area contributed by atoms with Crippen LogP contribution in [0, 0.1) is 0 Å². The number of amides is 1. The van der Waals surface area contributed by atoms with E-state index in [2.05, 4.69) is 17.1 Å². The minimum Gasteiger partial charge on any atom is -0.383 e. The molecule has 1 fully saturated rings. The van der Waals surface area contributed by atoms with Gasteiger partial charge < -0.3 is 15.8 Å². The Morgan fingerprint density at radius 2 is 2.35 bits per heavy atom. The summed E-state index contributed by atoms with van der Waals surface area (Å²) in [5, 5.41) is 2.85. The van der Waals surface area contributed by atoms with Gasteiger partial charge in [0.1, 0.15) is 6.04 Å². The minimum atomic E-state index is -0.557. The van der Waals surface area contributed by atoms with Crippen molar-refractivity contribution in [1.29, 1.82) is 0 Å². The fourth-order valence-corrected chi connectivity index (χ4v) is 2.20. The molecule has 17 heavy (non-hydrogen) atoms. The Balaban J connectivity index is 2.16. The van der Waals surface area contributed by atoms with Crippen LogP contribution in [0.4, 0.5) is 0 Å². The van der Waals surface area contributed by atoms with E-state index in [1.54, 1.807) is 7.11 Å². The number of likely N-dealkylation sites (tertiary alicyclic amines) is 1. The lowest BCUT2D eigenvalue weighted by Gasteiger charge is -2.33. The van der Waals surface area contributed by atoms with Crippen molar-refractivity contribution >= 4 is 5.91 Å². The lowest BCUT2D eigenvalue weighted by molar-refractivity contribution is -0.123. The highest BCUT2D eigenvalue weighted by atomic mass is 16.5. The molecule has 1 saturated heterocycles. The van der Waals surface area contributed by atoms with Gasteiger partial charge in [-0.25, -0.2) is 0 Å². The lowest BCUT2D eigenvalue weighted by Crippen LogP contribution is -2.47. The normalized spacial score (nSPS) is 23.4. The van der Waals surface area contributed by atoms with E-state index in [1.807, 2.05) is 0 Å². The van der Waals surface area contributed by atoms with Crippen LogP contribution in [0.1, 0.15) is 26.2 Å². The number of nitrogens with zero attached hydrogens (tertiary/aromatic N) is 1. The molecule has 5 heteroatoms. The van der Waals surface area contributed by atoms with E-state index in [-0.39, 0.29) is 12.5 Å². The van der Waals surface area contributed by atoms with Gasteiger partial charge in [-0.1, -0.05) is 6.42 Å². The smallest absolute Gasteiger partial charge is 0.239 e. The van der Waals surface area contributed by atoms with E-state index in [9.17, 15) is 4.79 Å². The fourth-order valence-electron chi connectivity index (χ4n) is 2.20. The second-order valence-electron chi connectivity index (χ2n) is 4.73. The molecule has 0 aromatic heterocycles. The maximum absolute atomic E-state index is 11.5. The van der Waals surface area contributed by atoms with Crippen molar-refractivity contribution in [3.63, 3.8) is 0 Å². The molecule has 1 aliphatic heterocycles. The summed E-state index contributed by atoms with van der Waals surface area (Å²) < 4.78 is 4.84. The average molecular weight is 243 g/mol. The fraction of sp³-hybridized carbons (Fsp3) is 0.917. The molecule has 2 atom stereocenters. The van der Waals surface area contributed by atoms with E-state index in [4.69, 9.17) is 10.5 Å². The molecule has 100 valence electrons. The summed E-state index contributed by atoms with van der Waals surface area (Å²) >= 11 is 0. The van der Waals surface area contributed by atoms with E-state index in [0.29, 0.717) is 12.6 Å². The summed E-state index contributed by atoms with van der Waals surface area (Å²) in [6, 6.07) is 0.0760. The number of nitrogens with two attached hydrogens (primary N) is 1. The van der Waals surface area contributed by atoms with Gasteiger partial charge in [0.25, 0.3) is 0 Å². The Morgan fingerprint density at radius 1 is 1.59 bits per heavy atom. The molecule has 0 radical (unpaired) electrons. The number of hydrogen-bond donors (Lipinski definition) is 2. The average Bonchev–Trinajstić information content (AvgIpc) is 2.31. The molecule has 0 aromatic rings. The topological polar surface area (TPSA) is 67.6 Å². The first-order valence-electron chi connectivity index (χ1n) is 6.41. The van der Waals surface area contributed by atoms with Crippen LogP contribution in [-0.2, 0) is 9.53 Å². The third kappa shape index (κ3) is 5.02. The molecule has 5 nitrogen and oxygen atoms in total. The molecule has 0 saturated carbocycles. The Bertz CT molecular complexity index is 236. The highest BCUT2D eigenvalue weighted by Crippen LogP contribution is 2.15. The number of hydrogen-bond acceptors (Lipinski definition) is 4. The van der Waals surface area contributed by atoms with Gasteiger partial charge in [0.05, 0.1) is 6.61 Å². The standard InChI is InChI=1S/C12H25N3O2/c1-10-5-3-4-7-15(10)8-6-14-12(16)11(13)9-17-2/h10-11H,3-9,13H2,1-2H3,(H,14,16). The highest BCUT2D eigenvalue weighted by Gasteiger charge is 2.18. The summed E-state index contributed by atoms with van der Waals surface area (Å²) in [5.74, 6) is -0.128. The molecular weight excluding hydrogens is 218 g/mol. The van der Waals surface area contributed by atoms with Gasteiger partial charge in [0.2, 0.25) is 5.91 Å². The van der Waals surface area contributed by atoms with Crippen LogP contribution in [0.25, 0.3) is 0 Å². The lowest BCUT2D eigenvalue weighted by atomic mass is 10.0. The molecule has 0 spiro atoms. The first-order chi connectivity index (χ1) is 8.15. The Kier molecular flexibility index (Phi) is 6.47. The predicted molar refractivity (Wildman–Crippen MR) is 67.7 cm³/mol. The van der Waals surface area contributed by atoms with Crippen LogP contribution in [0.15, 0.2) is 0 Å². The summed E-state index contributed by atoms with van der Waals surface area (Å²) in [6.07, 6.45) is 3.85. The van der Waals surface area contributed by atoms with Crippen molar-refractivity contribution < 1.29 is 9.53 Å². The first-order valence-corrected chi connectivity index (χ1v) is 6.41. The van der Waals surface area contributed by atoms with Gasteiger partial charge in [-0.05, 0) is 26.3 Å². The van der Waals surface area contributed by atoms with Crippen LogP contribution in [-0.4, -0.2) is 56.2 Å². The van der Waals surface area contributed by atoms with Crippen molar-refractivity contribution in [2.45, 2.75) is 38.3 Å². The Morgan fingerprint density at radius 3 is 3.00 bits per heavy atom. The molecule has 1 amide bonds. The second kappa shape index (κ2) is 7.63. The van der Waals surface area contributed by atoms with Crippen LogP contribution in [0.3, 0.4) is 0 Å². The quantitative estimate of drug-likeness (QED) is 0.686. The molecule has 0 bridgehead atoms.